The number of benzene rings is 2. The molecule has 1 aliphatic carbocycles. The van der Waals surface area contributed by atoms with Crippen molar-refractivity contribution in [2.75, 3.05) is 26.0 Å². The van der Waals surface area contributed by atoms with Gasteiger partial charge in [0.2, 0.25) is 0 Å². The molecule has 2 aromatic rings. The lowest BCUT2D eigenvalue weighted by Gasteiger charge is -2.36. The standard InChI is InChI=1S/C25H26ClF5N2O3S/c1-37(35)32-23(34)19-11-18(15-2-3-15)22(12-21(19)27)36-14-24(28)6-8-33(9-7-24)13-16-10-17(26)4-5-20(16)25(29,30)31/h4-5,10-12,15H,2-3,6-9,13-14H2,1H3,(H,32,34). The van der Waals surface area contributed by atoms with Gasteiger partial charge in [-0.05, 0) is 67.0 Å². The second-order valence-electron chi connectivity index (χ2n) is 9.54. The van der Waals surface area contributed by atoms with Gasteiger partial charge in [-0.15, -0.1) is 0 Å². The van der Waals surface area contributed by atoms with Crippen LogP contribution in [0.2, 0.25) is 5.02 Å². The van der Waals surface area contributed by atoms with Crippen molar-refractivity contribution >= 4 is 28.5 Å². The number of piperidine rings is 1. The lowest BCUT2D eigenvalue weighted by molar-refractivity contribution is -0.138. The van der Waals surface area contributed by atoms with E-state index < -0.39 is 40.1 Å². The summed E-state index contributed by atoms with van der Waals surface area (Å²) in [5.41, 5.74) is -2.15. The molecule has 1 atom stereocenters. The SMILES string of the molecule is CS(=O)NC(=O)c1cc(C2CC2)c(OCC2(F)CCN(Cc3cc(Cl)ccc3C(F)(F)F)CC2)cc1F. The lowest BCUT2D eigenvalue weighted by atomic mass is 9.93. The van der Waals surface area contributed by atoms with Crippen LogP contribution in [0.25, 0.3) is 0 Å². The van der Waals surface area contributed by atoms with E-state index in [1.807, 2.05) is 0 Å². The van der Waals surface area contributed by atoms with E-state index in [9.17, 15) is 26.6 Å². The molecule has 2 aliphatic rings. The van der Waals surface area contributed by atoms with Crippen LogP contribution in [0.5, 0.6) is 5.75 Å². The third-order valence-corrected chi connectivity index (χ3v) is 7.31. The van der Waals surface area contributed by atoms with Crippen LogP contribution >= 0.6 is 11.6 Å². The number of ether oxygens (including phenoxy) is 1. The number of likely N-dealkylation sites (tertiary alicyclic amines) is 1. The zero-order chi connectivity index (χ0) is 27.0. The van der Waals surface area contributed by atoms with Crippen LogP contribution in [0.3, 0.4) is 0 Å². The number of hydrogen-bond acceptors (Lipinski definition) is 4. The Morgan fingerprint density at radius 1 is 1.22 bits per heavy atom. The van der Waals surface area contributed by atoms with Crippen molar-refractivity contribution in [1.82, 2.24) is 9.62 Å². The maximum atomic E-state index is 15.6. The topological polar surface area (TPSA) is 58.6 Å². The molecule has 0 aromatic heterocycles. The summed E-state index contributed by atoms with van der Waals surface area (Å²) < 4.78 is 89.5. The highest BCUT2D eigenvalue weighted by atomic mass is 35.5. The van der Waals surface area contributed by atoms with Gasteiger partial charge in [-0.1, -0.05) is 11.6 Å². The van der Waals surface area contributed by atoms with E-state index in [0.29, 0.717) is 5.56 Å². The number of alkyl halides is 4. The molecule has 37 heavy (non-hydrogen) atoms. The molecular weight excluding hydrogens is 539 g/mol. The Morgan fingerprint density at radius 2 is 1.89 bits per heavy atom. The van der Waals surface area contributed by atoms with Crippen LogP contribution in [0, 0.1) is 5.82 Å². The highest BCUT2D eigenvalue weighted by molar-refractivity contribution is 7.82. The summed E-state index contributed by atoms with van der Waals surface area (Å²) in [6, 6.07) is 5.83. The Morgan fingerprint density at radius 3 is 2.49 bits per heavy atom. The molecule has 12 heteroatoms. The Labute approximate surface area is 218 Å². The van der Waals surface area contributed by atoms with Gasteiger partial charge in [-0.25, -0.2) is 13.0 Å². The molecule has 5 nitrogen and oxygen atoms in total. The number of halogens is 6. The molecule has 202 valence electrons. The second-order valence-corrected chi connectivity index (χ2v) is 11.1. The summed E-state index contributed by atoms with van der Waals surface area (Å²) in [4.78, 5) is 13.9. The van der Waals surface area contributed by atoms with Gasteiger partial charge in [0.25, 0.3) is 5.91 Å². The van der Waals surface area contributed by atoms with Gasteiger partial charge in [-0.2, -0.15) is 13.2 Å². The van der Waals surface area contributed by atoms with E-state index in [2.05, 4.69) is 4.72 Å². The van der Waals surface area contributed by atoms with Crippen molar-refractivity contribution in [3.63, 3.8) is 0 Å². The zero-order valence-corrected chi connectivity index (χ0v) is 21.5. The monoisotopic (exact) mass is 564 g/mol. The zero-order valence-electron chi connectivity index (χ0n) is 20.0. The first-order valence-electron chi connectivity index (χ1n) is 11.7. The molecule has 1 unspecified atom stereocenters. The van der Waals surface area contributed by atoms with Crippen LogP contribution in [-0.2, 0) is 23.7 Å². The first-order chi connectivity index (χ1) is 17.3. The summed E-state index contributed by atoms with van der Waals surface area (Å²) in [5.74, 6) is -1.46. The van der Waals surface area contributed by atoms with Gasteiger partial charge in [0.15, 0.2) is 0 Å². The summed E-state index contributed by atoms with van der Waals surface area (Å²) >= 11 is 5.90. The number of nitrogens with one attached hydrogen (secondary N) is 1. The Balaban J connectivity index is 1.40. The third-order valence-electron chi connectivity index (χ3n) is 6.60. The molecule has 2 fully saturated rings. The van der Waals surface area contributed by atoms with Crippen LogP contribution in [0.15, 0.2) is 30.3 Å². The largest absolute Gasteiger partial charge is 0.490 e. The summed E-state index contributed by atoms with van der Waals surface area (Å²) in [7, 11) is -1.66. The molecule has 1 amide bonds. The van der Waals surface area contributed by atoms with E-state index in [1.165, 1.54) is 24.5 Å². The molecular formula is C25H26ClF5N2O3S. The number of carbonyl (C=O) groups is 1. The number of amides is 1. The molecule has 0 radical (unpaired) electrons. The van der Waals surface area contributed by atoms with Gasteiger partial charge < -0.3 is 4.74 Å². The van der Waals surface area contributed by atoms with Crippen molar-refractivity contribution in [3.05, 3.63) is 63.4 Å². The maximum absolute atomic E-state index is 15.6. The Bertz CT molecular complexity index is 1200. The van der Waals surface area contributed by atoms with Crippen LogP contribution in [0.1, 0.15) is 58.6 Å². The minimum Gasteiger partial charge on any atom is -0.490 e. The highest BCUT2D eigenvalue weighted by Gasteiger charge is 2.38. The van der Waals surface area contributed by atoms with Crippen LogP contribution < -0.4 is 9.46 Å². The van der Waals surface area contributed by atoms with Crippen LogP contribution in [-0.4, -0.2) is 46.6 Å². The van der Waals surface area contributed by atoms with Crippen molar-refractivity contribution in [1.29, 1.82) is 0 Å². The minimum absolute atomic E-state index is 0.0184. The summed E-state index contributed by atoms with van der Waals surface area (Å²) in [6.45, 7) is 0.0481. The predicted octanol–water partition coefficient (Wildman–Crippen LogP) is 5.78. The number of hydrogen-bond donors (Lipinski definition) is 1. The number of carbonyl (C=O) groups excluding carboxylic acids is 1. The van der Waals surface area contributed by atoms with Crippen molar-refractivity contribution in [2.45, 2.75) is 50.0 Å². The molecule has 0 bridgehead atoms. The average molecular weight is 565 g/mol. The number of rotatable bonds is 8. The van der Waals surface area contributed by atoms with Gasteiger partial charge in [0, 0.05) is 37.0 Å². The van der Waals surface area contributed by atoms with Gasteiger partial charge in [0.05, 0.1) is 11.1 Å². The summed E-state index contributed by atoms with van der Waals surface area (Å²) in [6.07, 6.45) is -1.57. The van der Waals surface area contributed by atoms with Crippen LogP contribution in [0.4, 0.5) is 22.0 Å². The fourth-order valence-electron chi connectivity index (χ4n) is 4.44. The summed E-state index contributed by atoms with van der Waals surface area (Å²) in [5, 5.41) is 0.193. The third kappa shape index (κ3) is 7.00. The van der Waals surface area contributed by atoms with E-state index in [-0.39, 0.29) is 66.9 Å². The lowest BCUT2D eigenvalue weighted by Crippen LogP contribution is -2.44. The molecule has 0 spiro atoms. The number of nitrogens with zero attached hydrogens (tertiary/aromatic N) is 1. The van der Waals surface area contributed by atoms with Crippen molar-refractivity contribution < 1.29 is 35.7 Å². The molecule has 1 saturated heterocycles. The molecule has 1 aliphatic heterocycles. The highest BCUT2D eigenvalue weighted by Crippen LogP contribution is 2.45. The molecule has 1 N–H and O–H groups in total. The fraction of sp³-hybridized carbons (Fsp3) is 0.480. The van der Waals surface area contributed by atoms with E-state index in [1.54, 1.807) is 4.90 Å². The van der Waals surface area contributed by atoms with Crippen molar-refractivity contribution in [3.8, 4) is 5.75 Å². The van der Waals surface area contributed by atoms with Gasteiger partial charge in [-0.3, -0.25) is 14.4 Å². The Hall–Kier alpha value is -2.24. The minimum atomic E-state index is -4.52. The normalized spacial score (nSPS) is 18.9. The molecule has 1 saturated carbocycles. The van der Waals surface area contributed by atoms with Gasteiger partial charge >= 0.3 is 6.18 Å². The van der Waals surface area contributed by atoms with E-state index in [0.717, 1.165) is 25.0 Å². The first kappa shape index (κ1) is 27.8. The molecule has 1 heterocycles. The molecule has 2 aromatic carbocycles. The second kappa shape index (κ2) is 10.9. The average Bonchev–Trinajstić information content (AvgIpc) is 3.63. The first-order valence-corrected chi connectivity index (χ1v) is 13.7. The maximum Gasteiger partial charge on any atom is 0.416 e. The Kier molecular flexibility index (Phi) is 8.16. The van der Waals surface area contributed by atoms with Gasteiger partial charge in [0.1, 0.15) is 34.8 Å². The predicted molar refractivity (Wildman–Crippen MR) is 130 cm³/mol. The quantitative estimate of drug-likeness (QED) is 0.413. The molecule has 4 rings (SSSR count). The van der Waals surface area contributed by atoms with E-state index in [4.69, 9.17) is 16.3 Å². The smallest absolute Gasteiger partial charge is 0.416 e. The fourth-order valence-corrected chi connectivity index (χ4v) is 5.01. The van der Waals surface area contributed by atoms with Crippen molar-refractivity contribution in [2.24, 2.45) is 0 Å². The van der Waals surface area contributed by atoms with E-state index >= 15 is 4.39 Å².